The molecule has 0 saturated carbocycles. The second-order valence-corrected chi connectivity index (χ2v) is 4.72. The number of nitrogens with two attached hydrogens (primary N) is 7. The van der Waals surface area contributed by atoms with Crippen LogP contribution in [0, 0.1) is 6.92 Å². The summed E-state index contributed by atoms with van der Waals surface area (Å²) < 4.78 is 0. The van der Waals surface area contributed by atoms with E-state index >= 15 is 0 Å². The quantitative estimate of drug-likeness (QED) is 0.373. The van der Waals surface area contributed by atoms with Crippen molar-refractivity contribution in [2.24, 2.45) is 0 Å². The third-order valence-electron chi connectivity index (χ3n) is 3.45. The highest BCUT2D eigenvalue weighted by atomic mass is 14.8. The first-order valence-electron chi connectivity index (χ1n) is 5.93. The van der Waals surface area contributed by atoms with Crippen LogP contribution in [-0.2, 0) is 0 Å². The fourth-order valence-electron chi connectivity index (χ4n) is 2.15. The van der Waals surface area contributed by atoms with Crippen molar-refractivity contribution < 1.29 is 0 Å². The van der Waals surface area contributed by atoms with Crippen LogP contribution in [0.1, 0.15) is 5.56 Å². The predicted molar refractivity (Wildman–Crippen MR) is 87.5 cm³/mol. The Kier molecular flexibility index (Phi) is 2.90. The molecule has 0 aliphatic carbocycles. The van der Waals surface area contributed by atoms with E-state index in [0.717, 1.165) is 0 Å². The van der Waals surface area contributed by atoms with Crippen LogP contribution in [0.3, 0.4) is 0 Å². The van der Waals surface area contributed by atoms with Crippen LogP contribution in [0.5, 0.6) is 0 Å². The molecule has 0 fully saturated rings. The molecule has 0 aliphatic rings. The van der Waals surface area contributed by atoms with E-state index in [-0.39, 0.29) is 11.4 Å². The molecule has 2 aromatic carbocycles. The predicted octanol–water partition coefficient (Wildman–Crippen LogP) is 0.737. The van der Waals surface area contributed by atoms with Gasteiger partial charge in [-0.3, -0.25) is 0 Å². The standard InChI is InChI=1S/C13H19N7/c1-4-10(17)5(2-7(15)11(4)18)9-6(14)3-8(16)12(19)13(9)20/h2-3H,14-20H2,1H3. The Morgan fingerprint density at radius 2 is 1.15 bits per heavy atom. The largest absolute Gasteiger partial charge is 0.398 e. The van der Waals surface area contributed by atoms with E-state index in [1.165, 1.54) is 0 Å². The molecule has 0 bridgehead atoms. The van der Waals surface area contributed by atoms with Crippen LogP contribution in [0.4, 0.5) is 39.8 Å². The molecule has 2 rings (SSSR count). The second-order valence-electron chi connectivity index (χ2n) is 4.72. The van der Waals surface area contributed by atoms with Crippen LogP contribution >= 0.6 is 0 Å². The van der Waals surface area contributed by atoms with Gasteiger partial charge < -0.3 is 40.1 Å². The lowest BCUT2D eigenvalue weighted by atomic mass is 9.95. The molecule has 0 spiro atoms. The zero-order valence-corrected chi connectivity index (χ0v) is 11.2. The van der Waals surface area contributed by atoms with Crippen LogP contribution in [0.25, 0.3) is 11.1 Å². The second kappa shape index (κ2) is 4.30. The van der Waals surface area contributed by atoms with Crippen molar-refractivity contribution in [3.63, 3.8) is 0 Å². The molecule has 14 N–H and O–H groups in total. The van der Waals surface area contributed by atoms with Crippen molar-refractivity contribution in [1.82, 2.24) is 0 Å². The molecule has 0 atom stereocenters. The summed E-state index contributed by atoms with van der Waals surface area (Å²) in [6.07, 6.45) is 0. The van der Waals surface area contributed by atoms with E-state index in [1.54, 1.807) is 19.1 Å². The van der Waals surface area contributed by atoms with E-state index in [2.05, 4.69) is 0 Å². The fraction of sp³-hybridized carbons (Fsp3) is 0.0769. The molecule has 0 aliphatic heterocycles. The zero-order chi connectivity index (χ0) is 15.2. The van der Waals surface area contributed by atoms with Gasteiger partial charge >= 0.3 is 0 Å². The lowest BCUT2D eigenvalue weighted by molar-refractivity contribution is 1.46. The van der Waals surface area contributed by atoms with Gasteiger partial charge in [-0.1, -0.05) is 0 Å². The van der Waals surface area contributed by atoms with Crippen LogP contribution < -0.4 is 40.1 Å². The van der Waals surface area contributed by atoms with E-state index in [9.17, 15) is 0 Å². The molecule has 0 radical (unpaired) electrons. The average molecular weight is 273 g/mol. The smallest absolute Gasteiger partial charge is 0.0789 e. The van der Waals surface area contributed by atoms with Gasteiger partial charge in [-0.25, -0.2) is 0 Å². The minimum atomic E-state index is 0.265. The zero-order valence-electron chi connectivity index (χ0n) is 11.2. The summed E-state index contributed by atoms with van der Waals surface area (Å²) in [6.45, 7) is 1.78. The highest BCUT2D eigenvalue weighted by Crippen LogP contribution is 2.44. The summed E-state index contributed by atoms with van der Waals surface area (Å²) in [5.41, 5.74) is 45.7. The van der Waals surface area contributed by atoms with Crippen molar-refractivity contribution >= 4 is 39.8 Å². The Morgan fingerprint density at radius 1 is 0.600 bits per heavy atom. The monoisotopic (exact) mass is 273 g/mol. The molecule has 20 heavy (non-hydrogen) atoms. The van der Waals surface area contributed by atoms with Gasteiger partial charge in [0, 0.05) is 22.5 Å². The van der Waals surface area contributed by atoms with Gasteiger partial charge in [-0.05, 0) is 24.6 Å². The first-order valence-corrected chi connectivity index (χ1v) is 5.93. The number of nitrogen functional groups attached to an aromatic ring is 7. The molecule has 0 unspecified atom stereocenters. The molecular weight excluding hydrogens is 254 g/mol. The summed E-state index contributed by atoms with van der Waals surface area (Å²) >= 11 is 0. The summed E-state index contributed by atoms with van der Waals surface area (Å²) in [6, 6.07) is 3.18. The van der Waals surface area contributed by atoms with Crippen LogP contribution in [-0.4, -0.2) is 0 Å². The van der Waals surface area contributed by atoms with E-state index < -0.39 is 0 Å². The number of anilines is 7. The summed E-state index contributed by atoms with van der Waals surface area (Å²) in [7, 11) is 0. The molecule has 2 aromatic rings. The molecule has 0 amide bonds. The summed E-state index contributed by atoms with van der Waals surface area (Å²) in [5, 5.41) is 0. The van der Waals surface area contributed by atoms with Gasteiger partial charge in [-0.15, -0.1) is 0 Å². The number of benzene rings is 2. The maximum Gasteiger partial charge on any atom is 0.0789 e. The topological polar surface area (TPSA) is 182 Å². The third kappa shape index (κ3) is 1.76. The van der Waals surface area contributed by atoms with E-state index in [4.69, 9.17) is 40.1 Å². The molecule has 106 valence electrons. The first kappa shape index (κ1) is 13.5. The van der Waals surface area contributed by atoms with Crippen molar-refractivity contribution in [1.29, 1.82) is 0 Å². The van der Waals surface area contributed by atoms with Gasteiger partial charge in [0.1, 0.15) is 0 Å². The highest BCUT2D eigenvalue weighted by Gasteiger charge is 2.18. The number of hydrogen-bond acceptors (Lipinski definition) is 7. The summed E-state index contributed by atoms with van der Waals surface area (Å²) in [4.78, 5) is 0. The van der Waals surface area contributed by atoms with Crippen LogP contribution in [0.15, 0.2) is 12.1 Å². The normalized spacial score (nSPS) is 10.7. The van der Waals surface area contributed by atoms with Crippen molar-refractivity contribution in [3.8, 4) is 11.1 Å². The summed E-state index contributed by atoms with van der Waals surface area (Å²) in [5.74, 6) is 0. The number of hydrogen-bond donors (Lipinski definition) is 7. The van der Waals surface area contributed by atoms with E-state index in [0.29, 0.717) is 45.1 Å². The Bertz CT molecular complexity index is 707. The Morgan fingerprint density at radius 3 is 1.75 bits per heavy atom. The molecular formula is C13H19N7. The van der Waals surface area contributed by atoms with Gasteiger partial charge in [0.2, 0.25) is 0 Å². The number of rotatable bonds is 1. The molecule has 0 saturated heterocycles. The maximum absolute atomic E-state index is 6.09. The lowest BCUT2D eigenvalue weighted by Gasteiger charge is -2.18. The van der Waals surface area contributed by atoms with Crippen molar-refractivity contribution in [3.05, 3.63) is 17.7 Å². The van der Waals surface area contributed by atoms with Crippen molar-refractivity contribution in [2.45, 2.75) is 6.92 Å². The average Bonchev–Trinajstić information content (AvgIpc) is 2.39. The minimum absolute atomic E-state index is 0.265. The third-order valence-corrected chi connectivity index (χ3v) is 3.45. The maximum atomic E-state index is 6.09. The van der Waals surface area contributed by atoms with E-state index in [1.807, 2.05) is 0 Å². The Hall–Kier alpha value is -2.96. The highest BCUT2D eigenvalue weighted by molar-refractivity contribution is 6.02. The lowest BCUT2D eigenvalue weighted by Crippen LogP contribution is -2.08. The SMILES string of the molecule is Cc1c(N)c(N)cc(-c2c(N)cc(N)c(N)c2N)c1N. The minimum Gasteiger partial charge on any atom is -0.398 e. The Labute approximate surface area is 116 Å². The van der Waals surface area contributed by atoms with Gasteiger partial charge in [-0.2, -0.15) is 0 Å². The molecule has 0 heterocycles. The van der Waals surface area contributed by atoms with Crippen molar-refractivity contribution in [2.75, 3.05) is 40.1 Å². The van der Waals surface area contributed by atoms with Gasteiger partial charge in [0.15, 0.2) is 0 Å². The molecule has 7 nitrogen and oxygen atoms in total. The van der Waals surface area contributed by atoms with Gasteiger partial charge in [0.05, 0.1) is 28.4 Å². The van der Waals surface area contributed by atoms with Gasteiger partial charge in [0.25, 0.3) is 0 Å². The molecule has 0 aromatic heterocycles. The first-order chi connectivity index (χ1) is 9.25. The van der Waals surface area contributed by atoms with Crippen LogP contribution in [0.2, 0.25) is 0 Å². The Balaban J connectivity index is 2.86. The fourth-order valence-corrected chi connectivity index (χ4v) is 2.15. The molecule has 7 heteroatoms.